The average Bonchev–Trinajstić information content (AvgIpc) is 2.69. The summed E-state index contributed by atoms with van der Waals surface area (Å²) in [7, 11) is 2.28. The molecule has 3 atom stereocenters. The molecule has 0 aromatic carbocycles. The summed E-state index contributed by atoms with van der Waals surface area (Å²) in [6.45, 7) is 7.40. The summed E-state index contributed by atoms with van der Waals surface area (Å²) in [4.78, 5) is 16.7. The molecule has 0 spiro atoms. The van der Waals surface area contributed by atoms with Gasteiger partial charge in [0.1, 0.15) is 5.60 Å². The molecule has 3 aliphatic heterocycles. The molecule has 0 radical (unpaired) electrons. The van der Waals surface area contributed by atoms with Crippen LogP contribution in [0.4, 0.5) is 4.79 Å². The second-order valence-electron chi connectivity index (χ2n) is 8.65. The molecule has 0 aromatic heterocycles. The Bertz CT molecular complexity index is 420. The van der Waals surface area contributed by atoms with Crippen molar-refractivity contribution in [3.8, 4) is 0 Å². The molecule has 2 bridgehead atoms. The number of hydrogen-bond acceptors (Lipinski definition) is 4. The molecule has 23 heavy (non-hydrogen) atoms. The van der Waals surface area contributed by atoms with Crippen LogP contribution in [0.2, 0.25) is 0 Å². The first-order chi connectivity index (χ1) is 10.8. The number of piperidine rings is 2. The number of carbonyl (C=O) groups excluding carboxylic acids is 1. The zero-order valence-corrected chi connectivity index (χ0v) is 15.2. The van der Waals surface area contributed by atoms with Crippen LogP contribution >= 0.6 is 0 Å². The quantitative estimate of drug-likeness (QED) is 0.848. The Kier molecular flexibility index (Phi) is 4.88. The third-order valence-electron chi connectivity index (χ3n) is 5.64. The molecule has 1 N–H and O–H groups in total. The van der Waals surface area contributed by atoms with E-state index in [1.165, 1.54) is 32.1 Å². The third-order valence-corrected chi connectivity index (χ3v) is 5.64. The number of likely N-dealkylation sites (tertiary alicyclic amines) is 1. The van der Waals surface area contributed by atoms with Gasteiger partial charge in [-0.1, -0.05) is 0 Å². The summed E-state index contributed by atoms with van der Waals surface area (Å²) < 4.78 is 5.53. The number of hydrogen-bond donors (Lipinski definition) is 1. The van der Waals surface area contributed by atoms with Gasteiger partial charge in [0, 0.05) is 37.3 Å². The van der Waals surface area contributed by atoms with Gasteiger partial charge in [0.25, 0.3) is 0 Å². The zero-order chi connectivity index (χ0) is 16.6. The van der Waals surface area contributed by atoms with Gasteiger partial charge in [-0.3, -0.25) is 0 Å². The fourth-order valence-corrected chi connectivity index (χ4v) is 4.49. The van der Waals surface area contributed by atoms with Crippen LogP contribution in [0.5, 0.6) is 0 Å². The first kappa shape index (κ1) is 17.0. The Balaban J connectivity index is 1.50. The van der Waals surface area contributed by atoms with Gasteiger partial charge in [-0.15, -0.1) is 0 Å². The van der Waals surface area contributed by atoms with Gasteiger partial charge in [-0.2, -0.15) is 0 Å². The summed E-state index contributed by atoms with van der Waals surface area (Å²) in [5, 5.41) is 3.85. The summed E-state index contributed by atoms with van der Waals surface area (Å²) in [6, 6.07) is 2.56. The fraction of sp³-hybridized carbons (Fsp3) is 0.944. The predicted octanol–water partition coefficient (Wildman–Crippen LogP) is 2.60. The molecule has 0 aliphatic carbocycles. The number of rotatable bonds is 2. The van der Waals surface area contributed by atoms with Crippen molar-refractivity contribution in [3.63, 3.8) is 0 Å². The first-order valence-corrected chi connectivity index (χ1v) is 9.28. The van der Waals surface area contributed by atoms with Crippen LogP contribution in [0, 0.1) is 0 Å². The van der Waals surface area contributed by atoms with Crippen molar-refractivity contribution < 1.29 is 9.53 Å². The highest BCUT2D eigenvalue weighted by Crippen LogP contribution is 2.34. The number of nitrogens with zero attached hydrogens (tertiary/aromatic N) is 2. The Labute approximate surface area is 140 Å². The topological polar surface area (TPSA) is 44.8 Å². The minimum Gasteiger partial charge on any atom is -0.444 e. The molecule has 0 aromatic rings. The average molecular weight is 323 g/mol. The highest BCUT2D eigenvalue weighted by molar-refractivity contribution is 5.68. The Morgan fingerprint density at radius 1 is 1.09 bits per heavy atom. The molecule has 3 rings (SSSR count). The van der Waals surface area contributed by atoms with Crippen LogP contribution in [0.25, 0.3) is 0 Å². The lowest BCUT2D eigenvalue weighted by atomic mass is 9.95. The molecule has 5 heteroatoms. The number of amides is 1. The summed E-state index contributed by atoms with van der Waals surface area (Å²) in [5.74, 6) is 0. The SMILES string of the molecule is CN1C2CCC1CC(NC1CCCN(C(=O)OC(C)(C)C)C1)C2. The van der Waals surface area contributed by atoms with Crippen LogP contribution in [0.15, 0.2) is 0 Å². The van der Waals surface area contributed by atoms with Gasteiger partial charge in [0.05, 0.1) is 0 Å². The van der Waals surface area contributed by atoms with Crippen molar-refractivity contribution >= 4 is 6.09 Å². The van der Waals surface area contributed by atoms with Gasteiger partial charge in [0.15, 0.2) is 0 Å². The van der Waals surface area contributed by atoms with Gasteiger partial charge < -0.3 is 19.9 Å². The van der Waals surface area contributed by atoms with E-state index < -0.39 is 5.60 Å². The van der Waals surface area contributed by atoms with E-state index in [-0.39, 0.29) is 6.09 Å². The molecule has 3 heterocycles. The van der Waals surface area contributed by atoms with Gasteiger partial charge in [0.2, 0.25) is 0 Å². The Morgan fingerprint density at radius 2 is 1.74 bits per heavy atom. The van der Waals surface area contributed by atoms with Crippen LogP contribution < -0.4 is 5.32 Å². The van der Waals surface area contributed by atoms with E-state index in [0.29, 0.717) is 12.1 Å². The summed E-state index contributed by atoms with van der Waals surface area (Å²) in [6.07, 6.45) is 7.30. The molecular formula is C18H33N3O2. The summed E-state index contributed by atoms with van der Waals surface area (Å²) in [5.41, 5.74) is -0.412. The van der Waals surface area contributed by atoms with E-state index in [4.69, 9.17) is 4.74 Å². The maximum Gasteiger partial charge on any atom is 0.410 e. The monoisotopic (exact) mass is 323 g/mol. The maximum absolute atomic E-state index is 12.3. The molecule has 3 fully saturated rings. The third kappa shape index (κ3) is 4.18. The van der Waals surface area contributed by atoms with Crippen LogP contribution in [0.1, 0.15) is 59.3 Å². The lowest BCUT2D eigenvalue weighted by Gasteiger charge is -2.40. The molecule has 3 saturated heterocycles. The van der Waals surface area contributed by atoms with Crippen molar-refractivity contribution in [1.82, 2.24) is 15.1 Å². The number of nitrogens with one attached hydrogen (secondary N) is 1. The van der Waals surface area contributed by atoms with E-state index >= 15 is 0 Å². The zero-order valence-electron chi connectivity index (χ0n) is 15.2. The molecule has 5 nitrogen and oxygen atoms in total. The minimum absolute atomic E-state index is 0.160. The molecule has 3 aliphatic rings. The molecular weight excluding hydrogens is 290 g/mol. The fourth-order valence-electron chi connectivity index (χ4n) is 4.49. The highest BCUT2D eigenvalue weighted by Gasteiger charge is 2.39. The molecule has 0 saturated carbocycles. The van der Waals surface area contributed by atoms with Crippen molar-refractivity contribution in [2.75, 3.05) is 20.1 Å². The second kappa shape index (κ2) is 6.60. The van der Waals surface area contributed by atoms with Gasteiger partial charge >= 0.3 is 6.09 Å². The van der Waals surface area contributed by atoms with E-state index in [1.807, 2.05) is 25.7 Å². The smallest absolute Gasteiger partial charge is 0.410 e. The van der Waals surface area contributed by atoms with Gasteiger partial charge in [-0.05, 0) is 66.3 Å². The normalized spacial score (nSPS) is 35.4. The van der Waals surface area contributed by atoms with Crippen molar-refractivity contribution in [2.24, 2.45) is 0 Å². The van der Waals surface area contributed by atoms with Crippen molar-refractivity contribution in [1.29, 1.82) is 0 Å². The number of ether oxygens (including phenoxy) is 1. The Hall–Kier alpha value is -0.810. The second-order valence-corrected chi connectivity index (χ2v) is 8.65. The van der Waals surface area contributed by atoms with Gasteiger partial charge in [-0.25, -0.2) is 4.79 Å². The predicted molar refractivity (Wildman–Crippen MR) is 91.6 cm³/mol. The van der Waals surface area contributed by atoms with E-state index in [1.54, 1.807) is 0 Å². The highest BCUT2D eigenvalue weighted by atomic mass is 16.6. The lowest BCUT2D eigenvalue weighted by Crippen LogP contribution is -2.55. The van der Waals surface area contributed by atoms with Crippen molar-refractivity contribution in [3.05, 3.63) is 0 Å². The van der Waals surface area contributed by atoms with Crippen LogP contribution in [-0.4, -0.2) is 65.8 Å². The Morgan fingerprint density at radius 3 is 2.35 bits per heavy atom. The van der Waals surface area contributed by atoms with Crippen LogP contribution in [0.3, 0.4) is 0 Å². The largest absolute Gasteiger partial charge is 0.444 e. The first-order valence-electron chi connectivity index (χ1n) is 9.28. The van der Waals surface area contributed by atoms with Crippen molar-refractivity contribution in [2.45, 2.75) is 89.1 Å². The molecule has 132 valence electrons. The standard InChI is InChI=1S/C18H33N3O2/c1-18(2,3)23-17(22)21-9-5-6-13(12-21)19-14-10-15-7-8-16(11-14)20(15)4/h13-16,19H,5-12H2,1-4H3. The van der Waals surface area contributed by atoms with E-state index in [9.17, 15) is 4.79 Å². The van der Waals surface area contributed by atoms with E-state index in [2.05, 4.69) is 17.3 Å². The minimum atomic E-state index is -0.412. The number of fused-ring (bicyclic) bond motifs is 2. The van der Waals surface area contributed by atoms with E-state index in [0.717, 1.165) is 31.6 Å². The summed E-state index contributed by atoms with van der Waals surface area (Å²) >= 11 is 0. The molecule has 1 amide bonds. The maximum atomic E-state index is 12.3. The molecule has 3 unspecified atom stereocenters. The lowest BCUT2D eigenvalue weighted by molar-refractivity contribution is 0.0175. The number of carbonyl (C=O) groups is 1. The van der Waals surface area contributed by atoms with Crippen LogP contribution in [-0.2, 0) is 4.74 Å².